The molecule has 0 aliphatic heterocycles. The van der Waals surface area contributed by atoms with Gasteiger partial charge in [0.2, 0.25) is 0 Å². The SMILES string of the molecule is CCN(CCCN(C)C)CC(CC)(CC)CN. The quantitative estimate of drug-likeness (QED) is 0.637. The van der Waals surface area contributed by atoms with E-state index in [0.717, 1.165) is 19.6 Å². The molecule has 0 radical (unpaired) electrons. The summed E-state index contributed by atoms with van der Waals surface area (Å²) in [5, 5.41) is 0. The van der Waals surface area contributed by atoms with Crippen molar-refractivity contribution >= 4 is 0 Å². The van der Waals surface area contributed by atoms with Crippen molar-refractivity contribution in [3.8, 4) is 0 Å². The Bertz CT molecular complexity index is 168. The van der Waals surface area contributed by atoms with E-state index in [-0.39, 0.29) is 0 Å². The molecular formula is C14H33N3. The van der Waals surface area contributed by atoms with E-state index in [0.29, 0.717) is 5.41 Å². The van der Waals surface area contributed by atoms with E-state index >= 15 is 0 Å². The summed E-state index contributed by atoms with van der Waals surface area (Å²) < 4.78 is 0. The second-order valence-electron chi connectivity index (χ2n) is 5.44. The molecule has 0 aromatic carbocycles. The molecule has 0 aliphatic rings. The fraction of sp³-hybridized carbons (Fsp3) is 1.00. The van der Waals surface area contributed by atoms with Gasteiger partial charge in [0.25, 0.3) is 0 Å². The van der Waals surface area contributed by atoms with Crippen LogP contribution < -0.4 is 5.73 Å². The molecule has 0 amide bonds. The van der Waals surface area contributed by atoms with Crippen molar-refractivity contribution in [3.63, 3.8) is 0 Å². The fourth-order valence-electron chi connectivity index (χ4n) is 2.26. The predicted molar refractivity (Wildman–Crippen MR) is 77.4 cm³/mol. The monoisotopic (exact) mass is 243 g/mol. The van der Waals surface area contributed by atoms with Gasteiger partial charge in [-0.3, -0.25) is 0 Å². The summed E-state index contributed by atoms with van der Waals surface area (Å²) in [5.74, 6) is 0. The van der Waals surface area contributed by atoms with Crippen molar-refractivity contribution in [1.29, 1.82) is 0 Å². The topological polar surface area (TPSA) is 32.5 Å². The molecule has 0 bridgehead atoms. The standard InChI is InChI=1S/C14H33N3/c1-6-14(7-2,12-15)13-17(8-3)11-9-10-16(4)5/h6-13,15H2,1-5H3. The summed E-state index contributed by atoms with van der Waals surface area (Å²) in [7, 11) is 4.27. The maximum Gasteiger partial charge on any atom is 0.00497 e. The first-order valence-corrected chi connectivity index (χ1v) is 7.10. The molecule has 17 heavy (non-hydrogen) atoms. The molecule has 0 atom stereocenters. The zero-order valence-electron chi connectivity index (χ0n) is 12.6. The molecule has 0 rings (SSSR count). The van der Waals surface area contributed by atoms with E-state index in [1.807, 2.05) is 0 Å². The van der Waals surface area contributed by atoms with Gasteiger partial charge in [-0.25, -0.2) is 0 Å². The third-order valence-electron chi connectivity index (χ3n) is 4.02. The molecule has 0 heterocycles. The Kier molecular flexibility index (Phi) is 8.83. The van der Waals surface area contributed by atoms with Gasteiger partial charge in [-0.15, -0.1) is 0 Å². The lowest BCUT2D eigenvalue weighted by Gasteiger charge is -2.36. The predicted octanol–water partition coefficient (Wildman–Crippen LogP) is 2.03. The Hall–Kier alpha value is -0.120. The smallest absolute Gasteiger partial charge is 0.00497 e. The van der Waals surface area contributed by atoms with Gasteiger partial charge < -0.3 is 15.5 Å². The van der Waals surface area contributed by atoms with Gasteiger partial charge in [0, 0.05) is 6.54 Å². The Labute approximate surface area is 108 Å². The number of nitrogens with zero attached hydrogens (tertiary/aromatic N) is 2. The van der Waals surface area contributed by atoms with Crippen LogP contribution in [0, 0.1) is 5.41 Å². The van der Waals surface area contributed by atoms with Gasteiger partial charge in [0.1, 0.15) is 0 Å². The van der Waals surface area contributed by atoms with E-state index in [9.17, 15) is 0 Å². The van der Waals surface area contributed by atoms with Gasteiger partial charge in [0.05, 0.1) is 0 Å². The molecule has 0 aliphatic carbocycles. The van der Waals surface area contributed by atoms with E-state index in [4.69, 9.17) is 5.73 Å². The molecule has 0 saturated carbocycles. The Morgan fingerprint density at radius 2 is 1.59 bits per heavy atom. The number of nitrogens with two attached hydrogens (primary N) is 1. The minimum atomic E-state index is 0.328. The van der Waals surface area contributed by atoms with E-state index in [1.165, 1.54) is 32.4 Å². The van der Waals surface area contributed by atoms with Gasteiger partial charge in [-0.2, -0.15) is 0 Å². The first-order chi connectivity index (χ1) is 8.03. The lowest BCUT2D eigenvalue weighted by Crippen LogP contribution is -2.42. The highest BCUT2D eigenvalue weighted by molar-refractivity contribution is 4.81. The van der Waals surface area contributed by atoms with Crippen LogP contribution in [0.3, 0.4) is 0 Å². The summed E-state index contributed by atoms with van der Waals surface area (Å²) in [4.78, 5) is 4.81. The van der Waals surface area contributed by atoms with Crippen LogP contribution >= 0.6 is 0 Å². The van der Waals surface area contributed by atoms with Gasteiger partial charge in [-0.05, 0) is 65.0 Å². The Morgan fingerprint density at radius 3 is 1.94 bits per heavy atom. The maximum absolute atomic E-state index is 5.97. The minimum absolute atomic E-state index is 0.328. The average Bonchev–Trinajstić information content (AvgIpc) is 2.34. The fourth-order valence-corrected chi connectivity index (χ4v) is 2.26. The first-order valence-electron chi connectivity index (χ1n) is 7.10. The molecule has 3 heteroatoms. The van der Waals surface area contributed by atoms with Crippen LogP contribution in [0.15, 0.2) is 0 Å². The van der Waals surface area contributed by atoms with Crippen LogP contribution in [0.1, 0.15) is 40.0 Å². The van der Waals surface area contributed by atoms with E-state index in [2.05, 4.69) is 44.7 Å². The van der Waals surface area contributed by atoms with Gasteiger partial charge in [0.15, 0.2) is 0 Å². The third kappa shape index (κ3) is 6.39. The molecule has 0 aromatic heterocycles. The molecule has 0 spiro atoms. The molecule has 0 saturated heterocycles. The zero-order valence-corrected chi connectivity index (χ0v) is 12.6. The summed E-state index contributed by atoms with van der Waals surface area (Å²) in [6, 6.07) is 0. The summed E-state index contributed by atoms with van der Waals surface area (Å²) >= 11 is 0. The first kappa shape index (κ1) is 16.9. The van der Waals surface area contributed by atoms with Gasteiger partial charge >= 0.3 is 0 Å². The maximum atomic E-state index is 5.97. The van der Waals surface area contributed by atoms with Crippen molar-refractivity contribution in [2.75, 3.05) is 46.8 Å². The lowest BCUT2D eigenvalue weighted by molar-refractivity contribution is 0.144. The second-order valence-corrected chi connectivity index (χ2v) is 5.44. The molecule has 0 aromatic rings. The van der Waals surface area contributed by atoms with Crippen LogP contribution in [0.2, 0.25) is 0 Å². The largest absolute Gasteiger partial charge is 0.330 e. The molecular weight excluding hydrogens is 210 g/mol. The highest BCUT2D eigenvalue weighted by atomic mass is 15.1. The summed E-state index contributed by atoms with van der Waals surface area (Å²) in [6.45, 7) is 12.2. The van der Waals surface area contributed by atoms with E-state index in [1.54, 1.807) is 0 Å². The molecule has 0 fully saturated rings. The number of hydrogen-bond acceptors (Lipinski definition) is 3. The van der Waals surface area contributed by atoms with Crippen LogP contribution in [0.25, 0.3) is 0 Å². The minimum Gasteiger partial charge on any atom is -0.330 e. The molecule has 104 valence electrons. The highest BCUT2D eigenvalue weighted by Crippen LogP contribution is 2.26. The van der Waals surface area contributed by atoms with Crippen LogP contribution in [0.4, 0.5) is 0 Å². The van der Waals surface area contributed by atoms with Crippen LogP contribution in [-0.2, 0) is 0 Å². The van der Waals surface area contributed by atoms with Gasteiger partial charge in [-0.1, -0.05) is 20.8 Å². The third-order valence-corrected chi connectivity index (χ3v) is 4.02. The Morgan fingerprint density at radius 1 is 1.00 bits per heavy atom. The summed E-state index contributed by atoms with van der Waals surface area (Å²) in [6.07, 6.45) is 3.61. The van der Waals surface area contributed by atoms with Crippen LogP contribution in [-0.4, -0.2) is 56.6 Å². The summed E-state index contributed by atoms with van der Waals surface area (Å²) in [5.41, 5.74) is 6.30. The molecule has 3 nitrogen and oxygen atoms in total. The average molecular weight is 243 g/mol. The zero-order chi connectivity index (χ0) is 13.3. The van der Waals surface area contributed by atoms with Crippen molar-refractivity contribution in [3.05, 3.63) is 0 Å². The number of hydrogen-bond donors (Lipinski definition) is 1. The lowest BCUT2D eigenvalue weighted by atomic mass is 9.82. The van der Waals surface area contributed by atoms with E-state index < -0.39 is 0 Å². The van der Waals surface area contributed by atoms with Crippen molar-refractivity contribution in [2.45, 2.75) is 40.0 Å². The normalized spacial score (nSPS) is 12.7. The van der Waals surface area contributed by atoms with Crippen molar-refractivity contribution in [1.82, 2.24) is 9.80 Å². The molecule has 0 unspecified atom stereocenters. The van der Waals surface area contributed by atoms with Crippen molar-refractivity contribution < 1.29 is 0 Å². The highest BCUT2D eigenvalue weighted by Gasteiger charge is 2.26. The second kappa shape index (κ2) is 8.90. The molecule has 2 N–H and O–H groups in total. The van der Waals surface area contributed by atoms with Crippen molar-refractivity contribution in [2.24, 2.45) is 11.1 Å². The Balaban J connectivity index is 4.17. The number of rotatable bonds is 10. The van der Waals surface area contributed by atoms with Crippen LogP contribution in [0.5, 0.6) is 0 Å².